The number of primary amides is 1. The van der Waals surface area contributed by atoms with Crippen LogP contribution in [0.25, 0.3) is 0 Å². The van der Waals surface area contributed by atoms with Crippen LogP contribution in [0.2, 0.25) is 0 Å². The highest BCUT2D eigenvalue weighted by atomic mass is 16.4. The number of nitrogens with two attached hydrogens (primary N) is 2. The lowest BCUT2D eigenvalue weighted by Gasteiger charge is -2.26. The number of aromatic nitrogens is 2. The highest BCUT2D eigenvalue weighted by Crippen LogP contribution is 2.13. The van der Waals surface area contributed by atoms with Crippen LogP contribution < -0.4 is 38.1 Å². The predicted molar refractivity (Wildman–Crippen MR) is 161 cm³/mol. The minimum Gasteiger partial charge on any atom is -0.480 e. The maximum atomic E-state index is 13.5. The summed E-state index contributed by atoms with van der Waals surface area (Å²) in [6, 6.07) is -6.40. The van der Waals surface area contributed by atoms with Crippen molar-refractivity contribution >= 4 is 53.2 Å². The van der Waals surface area contributed by atoms with E-state index in [0.29, 0.717) is 6.42 Å². The molecule has 21 nitrogen and oxygen atoms in total. The van der Waals surface area contributed by atoms with Crippen molar-refractivity contribution in [3.05, 3.63) is 24.1 Å². The van der Waals surface area contributed by atoms with E-state index < -0.39 is 109 Å². The first kappa shape index (κ1) is 40.6. The van der Waals surface area contributed by atoms with Gasteiger partial charge in [-0.05, 0) is 32.2 Å². The Balaban J connectivity index is 3.30. The molecule has 1 heterocycles. The maximum Gasteiger partial charge on any atom is 0.331 e. The maximum absolute atomic E-state index is 13.5. The van der Waals surface area contributed by atoms with Crippen molar-refractivity contribution < 1.29 is 58.5 Å². The van der Waals surface area contributed by atoms with Gasteiger partial charge in [0.05, 0.1) is 31.2 Å². The van der Waals surface area contributed by atoms with Gasteiger partial charge in [0.25, 0.3) is 5.92 Å². The number of aliphatic carboxylic acids is 2. The van der Waals surface area contributed by atoms with Crippen LogP contribution in [-0.2, 0) is 49.6 Å². The number of carbonyl (C=O) groups is 9. The number of amides is 6. The summed E-state index contributed by atoms with van der Waals surface area (Å²) in [5.41, 5.74) is 10.9. The minimum absolute atomic E-state index is 0.176. The van der Waals surface area contributed by atoms with Crippen LogP contribution in [0.5, 0.6) is 0 Å². The fourth-order valence-electron chi connectivity index (χ4n) is 4.08. The van der Waals surface area contributed by atoms with Crippen molar-refractivity contribution in [2.24, 2.45) is 11.5 Å². The van der Waals surface area contributed by atoms with Crippen molar-refractivity contribution in [1.82, 2.24) is 36.6 Å². The molecule has 13 N–H and O–H groups in total. The first-order valence-corrected chi connectivity index (χ1v) is 14.5. The lowest BCUT2D eigenvalue weighted by Crippen LogP contribution is -2.59. The number of Topliss-reactive ketones (excluding diaryl/α,β-unsaturated/α-hetero) is 1. The zero-order valence-corrected chi connectivity index (χ0v) is 25.9. The molecule has 48 heavy (non-hydrogen) atoms. The lowest BCUT2D eigenvalue weighted by molar-refractivity contribution is -0.147. The molecule has 0 fully saturated rings. The molecule has 6 amide bonds. The summed E-state index contributed by atoms with van der Waals surface area (Å²) >= 11 is 0. The summed E-state index contributed by atoms with van der Waals surface area (Å²) in [7, 11) is 0. The molecule has 1 rings (SSSR count). The minimum atomic E-state index is -2.03. The van der Waals surface area contributed by atoms with Crippen molar-refractivity contribution in [3.8, 4) is 0 Å². The first-order valence-electron chi connectivity index (χ1n) is 14.5. The number of aliphatic hydroxyl groups excluding tert-OH is 1. The quantitative estimate of drug-likeness (QED) is 0.0379. The van der Waals surface area contributed by atoms with Crippen molar-refractivity contribution in [2.75, 3.05) is 19.7 Å². The van der Waals surface area contributed by atoms with Gasteiger partial charge in [-0.1, -0.05) is 0 Å². The van der Waals surface area contributed by atoms with E-state index in [2.05, 4.69) is 36.6 Å². The number of rotatable bonds is 23. The van der Waals surface area contributed by atoms with E-state index in [-0.39, 0.29) is 31.5 Å². The van der Waals surface area contributed by atoms with Gasteiger partial charge in [-0.15, -0.1) is 0 Å². The first-order chi connectivity index (χ1) is 22.6. The van der Waals surface area contributed by atoms with Crippen molar-refractivity contribution in [2.45, 2.75) is 69.6 Å². The molecule has 0 aliphatic carbocycles. The number of H-pyrrole nitrogens is 1. The van der Waals surface area contributed by atoms with Crippen LogP contribution in [0.4, 0.5) is 0 Å². The Bertz CT molecular complexity index is 1310. The Labute approximate surface area is 273 Å². The van der Waals surface area contributed by atoms with E-state index in [1.807, 2.05) is 0 Å². The third-order valence-corrected chi connectivity index (χ3v) is 6.50. The van der Waals surface area contributed by atoms with Crippen molar-refractivity contribution in [1.29, 1.82) is 0 Å². The number of hydrogen-bond acceptors (Lipinski definition) is 12. The normalized spacial score (nSPS) is 13.2. The van der Waals surface area contributed by atoms with E-state index in [1.54, 1.807) is 0 Å². The number of imidazole rings is 1. The molecule has 4 atom stereocenters. The predicted octanol–water partition coefficient (Wildman–Crippen LogP) is -5.27. The molecule has 1 radical (unpaired) electrons. The molecular formula is C27H40N9O12. The van der Waals surface area contributed by atoms with Gasteiger partial charge in [-0.25, -0.2) is 4.98 Å². The number of carboxylic acids is 2. The summed E-state index contributed by atoms with van der Waals surface area (Å²) in [6.45, 7) is -0.137. The molecule has 0 aromatic carbocycles. The Morgan fingerprint density at radius 3 is 1.94 bits per heavy atom. The van der Waals surface area contributed by atoms with Crippen LogP contribution in [0.1, 0.15) is 44.7 Å². The molecule has 0 unspecified atom stereocenters. The second-order valence-electron chi connectivity index (χ2n) is 10.3. The molecule has 21 heteroatoms. The van der Waals surface area contributed by atoms with Gasteiger partial charge < -0.3 is 58.4 Å². The van der Waals surface area contributed by atoms with Gasteiger partial charge in [-0.3, -0.25) is 43.2 Å². The fourth-order valence-corrected chi connectivity index (χ4v) is 4.08. The lowest BCUT2D eigenvalue weighted by atomic mass is 9.94. The summed E-state index contributed by atoms with van der Waals surface area (Å²) < 4.78 is 0. The summed E-state index contributed by atoms with van der Waals surface area (Å²) in [5, 5.41) is 39.5. The molecule has 265 valence electrons. The van der Waals surface area contributed by atoms with Gasteiger partial charge in [0.2, 0.25) is 35.4 Å². The van der Waals surface area contributed by atoms with Crippen molar-refractivity contribution in [3.63, 3.8) is 0 Å². The van der Waals surface area contributed by atoms with Crippen LogP contribution in [0.15, 0.2) is 12.5 Å². The molecule has 0 spiro atoms. The Hall–Kier alpha value is -5.44. The molecular weight excluding hydrogens is 642 g/mol. The highest BCUT2D eigenvalue weighted by Gasteiger charge is 2.41. The van der Waals surface area contributed by atoms with E-state index in [9.17, 15) is 58.5 Å². The van der Waals surface area contributed by atoms with Crippen LogP contribution in [0.3, 0.4) is 0 Å². The molecule has 0 saturated carbocycles. The summed E-state index contributed by atoms with van der Waals surface area (Å²) in [5.74, 6) is -12.4. The molecule has 1 aromatic rings. The topological polar surface area (TPSA) is 355 Å². The van der Waals surface area contributed by atoms with Crippen LogP contribution in [0, 0.1) is 5.92 Å². The Morgan fingerprint density at radius 1 is 0.833 bits per heavy atom. The number of ketones is 1. The van der Waals surface area contributed by atoms with Crippen LogP contribution >= 0.6 is 0 Å². The number of aromatic amines is 1. The number of carboxylic acid groups (broad SMARTS) is 2. The Kier molecular flexibility index (Phi) is 17.4. The number of carbonyl (C=O) groups excluding carboxylic acids is 7. The Morgan fingerprint density at radius 2 is 1.42 bits per heavy atom. The highest BCUT2D eigenvalue weighted by molar-refractivity contribution is 6.31. The largest absolute Gasteiger partial charge is 0.480 e. The number of aliphatic hydroxyl groups is 1. The fraction of sp³-hybridized carbons (Fsp3) is 0.519. The summed E-state index contributed by atoms with van der Waals surface area (Å²) in [4.78, 5) is 117. The second kappa shape index (κ2) is 20.6. The van der Waals surface area contributed by atoms with E-state index >= 15 is 0 Å². The zero-order valence-electron chi connectivity index (χ0n) is 25.9. The third-order valence-electron chi connectivity index (χ3n) is 6.50. The second-order valence-corrected chi connectivity index (χ2v) is 10.3. The third kappa shape index (κ3) is 14.3. The van der Waals surface area contributed by atoms with Gasteiger partial charge in [-0.2, -0.15) is 0 Å². The molecule has 1 aromatic heterocycles. The molecule has 0 aliphatic heterocycles. The van der Waals surface area contributed by atoms with E-state index in [1.165, 1.54) is 12.5 Å². The van der Waals surface area contributed by atoms with Crippen LogP contribution in [-0.4, -0.2) is 122 Å². The average molecular weight is 683 g/mol. The monoisotopic (exact) mass is 682 g/mol. The van der Waals surface area contributed by atoms with E-state index in [4.69, 9.17) is 11.5 Å². The SMILES string of the molecule is CC(=O)NCC(=O)N[C@@H](CO)C(=O)N[C@@H](CCC(N)=O)C(=O)N[C@@H](Cc1c[nH]cn1)C(=O)N[C@@H](CCCCN)C(=O)[C](C(=O)O)C(=O)O. The number of unbranched alkanes of at least 4 members (excludes halogenated alkanes) is 1. The zero-order chi connectivity index (χ0) is 36.4. The number of hydrogen-bond donors (Lipinski definition) is 11. The smallest absolute Gasteiger partial charge is 0.331 e. The van der Waals surface area contributed by atoms with Gasteiger partial charge in [0.15, 0.2) is 5.78 Å². The standard InChI is InChI=1S/C27H40N9O12/c1-13(38)31-10-20(40)33-18(11-37)25(44)35-16(5-6-19(29)39)23(42)36-17(8-14-9-30-12-32-14)24(43)34-15(4-2-3-7-28)22(41)21(26(45)46)27(47)48/h9,12,15-18,37H,2-8,10-11,28H2,1H3,(H2,29,39)(H,30,32)(H,31,38)(H,33,40)(H,34,43)(H,35,44)(H,36,42)(H,45,46)(H,47,48)/t15-,16-,17-,18-/m0/s1. The number of nitrogens with one attached hydrogen (secondary N) is 6. The summed E-state index contributed by atoms with van der Waals surface area (Å²) in [6.07, 6.45) is 1.79. The molecule has 0 aliphatic rings. The van der Waals surface area contributed by atoms with Gasteiger partial charge in [0.1, 0.15) is 18.1 Å². The van der Waals surface area contributed by atoms with E-state index in [0.717, 1.165) is 6.92 Å². The number of nitrogens with zero attached hydrogens (tertiary/aromatic N) is 1. The molecule has 0 bridgehead atoms. The van der Waals surface area contributed by atoms with Gasteiger partial charge >= 0.3 is 11.9 Å². The molecule has 0 saturated heterocycles. The van der Waals surface area contributed by atoms with Gasteiger partial charge in [0, 0.05) is 26.0 Å². The average Bonchev–Trinajstić information content (AvgIpc) is 3.52.